The molecule has 1 fully saturated rings. The second-order valence-electron chi connectivity index (χ2n) is 3.26. The van der Waals surface area contributed by atoms with E-state index >= 15 is 0 Å². The van der Waals surface area contributed by atoms with Crippen molar-refractivity contribution >= 4 is 0 Å². The van der Waals surface area contributed by atoms with Crippen LogP contribution in [-0.4, -0.2) is 0 Å². The van der Waals surface area contributed by atoms with Gasteiger partial charge in [-0.2, -0.15) is 10.5 Å². The van der Waals surface area contributed by atoms with Gasteiger partial charge in [0.1, 0.15) is 0 Å². The maximum atomic E-state index is 8.85. The van der Waals surface area contributed by atoms with Crippen molar-refractivity contribution in [3.63, 3.8) is 0 Å². The SMILES string of the molecule is C[C](C#N)C(C#N)C1C[CH]CC1. The third-order valence-electron chi connectivity index (χ3n) is 2.46. The molecule has 0 N–H and O–H groups in total. The van der Waals surface area contributed by atoms with Crippen molar-refractivity contribution in [3.05, 3.63) is 12.3 Å². The van der Waals surface area contributed by atoms with E-state index in [1.54, 1.807) is 6.92 Å². The molecule has 62 valence electrons. The van der Waals surface area contributed by atoms with Gasteiger partial charge < -0.3 is 0 Å². The van der Waals surface area contributed by atoms with Gasteiger partial charge in [-0.1, -0.05) is 0 Å². The average molecular weight is 160 g/mol. The van der Waals surface area contributed by atoms with Crippen molar-refractivity contribution < 1.29 is 0 Å². The summed E-state index contributed by atoms with van der Waals surface area (Å²) in [6.45, 7) is 1.76. The summed E-state index contributed by atoms with van der Waals surface area (Å²) < 4.78 is 0. The summed E-state index contributed by atoms with van der Waals surface area (Å²) in [5, 5.41) is 17.5. The van der Waals surface area contributed by atoms with Crippen LogP contribution in [0.4, 0.5) is 0 Å². The Morgan fingerprint density at radius 1 is 1.58 bits per heavy atom. The molecule has 0 amide bonds. The fourth-order valence-electron chi connectivity index (χ4n) is 1.71. The van der Waals surface area contributed by atoms with E-state index in [1.165, 1.54) is 0 Å². The van der Waals surface area contributed by atoms with E-state index in [1.807, 2.05) is 0 Å². The van der Waals surface area contributed by atoms with Crippen LogP contribution in [0.1, 0.15) is 26.2 Å². The topological polar surface area (TPSA) is 47.6 Å². The molecule has 0 heterocycles. The summed E-state index contributed by atoms with van der Waals surface area (Å²) in [6.07, 6.45) is 5.37. The first kappa shape index (κ1) is 9.07. The van der Waals surface area contributed by atoms with E-state index in [0.29, 0.717) is 11.8 Å². The minimum atomic E-state index is -0.145. The van der Waals surface area contributed by atoms with Crippen LogP contribution in [0.2, 0.25) is 0 Å². The summed E-state index contributed by atoms with van der Waals surface area (Å²) >= 11 is 0. The molecule has 2 heteroatoms. The van der Waals surface area contributed by atoms with E-state index < -0.39 is 0 Å². The Morgan fingerprint density at radius 2 is 2.33 bits per heavy atom. The molecule has 2 radical (unpaired) electrons. The molecular weight excluding hydrogens is 148 g/mol. The zero-order valence-electron chi connectivity index (χ0n) is 7.25. The fraction of sp³-hybridized carbons (Fsp3) is 0.600. The maximum absolute atomic E-state index is 8.85. The first-order valence-electron chi connectivity index (χ1n) is 4.24. The van der Waals surface area contributed by atoms with Gasteiger partial charge in [-0.05, 0) is 38.5 Å². The standard InChI is InChI=1S/C10H12N2/c1-8(6-11)10(7-12)9-4-2-3-5-9/h2,9-10H,3-5H2,1H3. The minimum absolute atomic E-state index is 0.145. The molecule has 0 bridgehead atoms. The third kappa shape index (κ3) is 1.77. The lowest BCUT2D eigenvalue weighted by atomic mass is 9.83. The zero-order chi connectivity index (χ0) is 8.97. The molecule has 1 saturated carbocycles. The van der Waals surface area contributed by atoms with E-state index in [2.05, 4.69) is 18.6 Å². The zero-order valence-corrected chi connectivity index (χ0v) is 7.25. The van der Waals surface area contributed by atoms with Crippen LogP contribution in [0.3, 0.4) is 0 Å². The summed E-state index contributed by atoms with van der Waals surface area (Å²) in [7, 11) is 0. The van der Waals surface area contributed by atoms with E-state index in [9.17, 15) is 0 Å². The molecule has 1 aliphatic carbocycles. The first-order chi connectivity index (χ1) is 5.79. The highest BCUT2D eigenvalue weighted by atomic mass is 14.4. The molecule has 0 spiro atoms. The highest BCUT2D eigenvalue weighted by molar-refractivity contribution is 5.20. The quantitative estimate of drug-likeness (QED) is 0.622. The predicted octanol–water partition coefficient (Wildman–Crippen LogP) is 2.25. The first-order valence-corrected chi connectivity index (χ1v) is 4.24. The molecule has 0 aliphatic heterocycles. The van der Waals surface area contributed by atoms with Gasteiger partial charge in [0.25, 0.3) is 0 Å². The Balaban J connectivity index is 2.57. The molecule has 12 heavy (non-hydrogen) atoms. The van der Waals surface area contributed by atoms with Crippen LogP contribution in [0.25, 0.3) is 0 Å². The van der Waals surface area contributed by atoms with Gasteiger partial charge in [-0.3, -0.25) is 0 Å². The van der Waals surface area contributed by atoms with Gasteiger partial charge >= 0.3 is 0 Å². The Bertz CT molecular complexity index is 215. The van der Waals surface area contributed by atoms with Crippen molar-refractivity contribution in [1.29, 1.82) is 10.5 Å². The lowest BCUT2D eigenvalue weighted by Crippen LogP contribution is -2.15. The second kappa shape index (κ2) is 4.12. The Labute approximate surface area is 73.8 Å². The second-order valence-corrected chi connectivity index (χ2v) is 3.26. The number of nitriles is 2. The molecular formula is C10H12N2. The highest BCUT2D eigenvalue weighted by Crippen LogP contribution is 2.34. The van der Waals surface area contributed by atoms with Gasteiger partial charge in [0.05, 0.1) is 24.0 Å². The van der Waals surface area contributed by atoms with Gasteiger partial charge in [0, 0.05) is 0 Å². The molecule has 0 aromatic carbocycles. The molecule has 2 nitrogen and oxygen atoms in total. The van der Waals surface area contributed by atoms with Crippen molar-refractivity contribution in [2.45, 2.75) is 26.2 Å². The Morgan fingerprint density at radius 3 is 2.75 bits per heavy atom. The fourth-order valence-corrected chi connectivity index (χ4v) is 1.71. The van der Waals surface area contributed by atoms with Crippen molar-refractivity contribution in [2.24, 2.45) is 11.8 Å². The summed E-state index contributed by atoms with van der Waals surface area (Å²) in [5.74, 6) is 0.918. The van der Waals surface area contributed by atoms with Crippen LogP contribution in [-0.2, 0) is 0 Å². The van der Waals surface area contributed by atoms with Gasteiger partial charge in [-0.25, -0.2) is 0 Å². The average Bonchev–Trinajstić information content (AvgIpc) is 2.58. The normalized spacial score (nSPS) is 20.3. The van der Waals surface area contributed by atoms with Crippen LogP contribution in [0, 0.1) is 46.8 Å². The predicted molar refractivity (Wildman–Crippen MR) is 45.3 cm³/mol. The number of hydrogen-bond donors (Lipinski definition) is 0. The molecule has 1 aliphatic rings. The number of nitrogens with zero attached hydrogens (tertiary/aromatic N) is 2. The molecule has 1 rings (SSSR count). The van der Waals surface area contributed by atoms with Crippen molar-refractivity contribution in [3.8, 4) is 12.1 Å². The molecule has 0 aromatic rings. The van der Waals surface area contributed by atoms with E-state index in [-0.39, 0.29) is 5.92 Å². The molecule has 2 unspecified atom stereocenters. The highest BCUT2D eigenvalue weighted by Gasteiger charge is 2.29. The smallest absolute Gasteiger partial charge is 0.0902 e. The van der Waals surface area contributed by atoms with Gasteiger partial charge in [-0.15, -0.1) is 0 Å². The third-order valence-corrected chi connectivity index (χ3v) is 2.46. The van der Waals surface area contributed by atoms with Crippen LogP contribution in [0.5, 0.6) is 0 Å². The van der Waals surface area contributed by atoms with E-state index in [4.69, 9.17) is 10.5 Å². The maximum Gasteiger partial charge on any atom is 0.0902 e. The molecule has 0 aromatic heterocycles. The summed E-state index contributed by atoms with van der Waals surface area (Å²) in [5.41, 5.74) is 0. The lowest BCUT2D eigenvalue weighted by Gasteiger charge is -2.16. The van der Waals surface area contributed by atoms with Crippen LogP contribution < -0.4 is 0 Å². The Hall–Kier alpha value is -1.02. The monoisotopic (exact) mass is 160 g/mol. The van der Waals surface area contributed by atoms with Gasteiger partial charge in [0.2, 0.25) is 0 Å². The van der Waals surface area contributed by atoms with Crippen molar-refractivity contribution in [1.82, 2.24) is 0 Å². The molecule has 0 saturated heterocycles. The number of rotatable bonds is 2. The minimum Gasteiger partial charge on any atom is -0.198 e. The van der Waals surface area contributed by atoms with E-state index in [0.717, 1.165) is 19.3 Å². The van der Waals surface area contributed by atoms with Crippen LogP contribution in [0.15, 0.2) is 0 Å². The largest absolute Gasteiger partial charge is 0.198 e. The van der Waals surface area contributed by atoms with Crippen molar-refractivity contribution in [2.75, 3.05) is 0 Å². The summed E-state index contributed by atoms with van der Waals surface area (Å²) in [6, 6.07) is 4.29. The molecule has 2 atom stereocenters. The summed E-state index contributed by atoms with van der Waals surface area (Å²) in [4.78, 5) is 0. The van der Waals surface area contributed by atoms with Gasteiger partial charge in [0.15, 0.2) is 0 Å². The van der Waals surface area contributed by atoms with Crippen LogP contribution >= 0.6 is 0 Å². The number of hydrogen-bond acceptors (Lipinski definition) is 2. The lowest BCUT2D eigenvalue weighted by molar-refractivity contribution is 0.444. The Kier molecular flexibility index (Phi) is 3.11.